The zero-order chi connectivity index (χ0) is 20.8. The maximum atomic E-state index is 12.8. The molecule has 0 spiro atoms. The van der Waals surface area contributed by atoms with Crippen molar-refractivity contribution < 1.29 is 32.4 Å². The monoisotopic (exact) mass is 429 g/mol. The molecule has 1 saturated carbocycles. The number of carbonyl (C=O) groups is 1. The molecule has 1 aliphatic carbocycles. The summed E-state index contributed by atoms with van der Waals surface area (Å²) >= 11 is 0. The number of aromatic nitrogens is 2. The third-order valence-electron chi connectivity index (χ3n) is 5.36. The molecule has 2 aliphatic heterocycles. The first-order valence-corrected chi connectivity index (χ1v) is 11.0. The van der Waals surface area contributed by atoms with Gasteiger partial charge in [0.2, 0.25) is 0 Å². The van der Waals surface area contributed by atoms with Crippen LogP contribution in [0, 0.1) is 11.8 Å². The molecule has 3 heterocycles. The second kappa shape index (κ2) is 7.81. The molecule has 4 rings (SSSR count). The lowest BCUT2D eigenvalue weighted by atomic mass is 10.1. The maximum Gasteiger partial charge on any atom is 0.475 e. The van der Waals surface area contributed by atoms with E-state index < -0.39 is 25.5 Å². The van der Waals surface area contributed by atoms with Crippen molar-refractivity contribution in [2.45, 2.75) is 44.6 Å². The number of anilines is 1. The number of phosphoric acid groups is 1. The van der Waals surface area contributed by atoms with Crippen molar-refractivity contribution >= 4 is 19.6 Å². The minimum absolute atomic E-state index is 0.0222. The van der Waals surface area contributed by atoms with E-state index in [0.29, 0.717) is 13.0 Å². The van der Waals surface area contributed by atoms with Crippen LogP contribution < -0.4 is 11.4 Å². The van der Waals surface area contributed by atoms with E-state index >= 15 is 0 Å². The van der Waals surface area contributed by atoms with Crippen LogP contribution >= 0.6 is 7.82 Å². The number of nitrogens with two attached hydrogens (primary N) is 1. The Kier molecular flexibility index (Phi) is 5.52. The van der Waals surface area contributed by atoms with Crippen molar-refractivity contribution in [2.75, 3.05) is 25.6 Å². The van der Waals surface area contributed by atoms with Gasteiger partial charge in [0.05, 0.1) is 37.9 Å². The van der Waals surface area contributed by atoms with Gasteiger partial charge in [0.15, 0.2) is 0 Å². The number of nitrogen functional groups attached to an aromatic ring is 1. The molecule has 29 heavy (non-hydrogen) atoms. The zero-order valence-corrected chi connectivity index (χ0v) is 17.0. The Labute approximate surface area is 167 Å². The van der Waals surface area contributed by atoms with Crippen LogP contribution in [0.25, 0.3) is 0 Å². The molecule has 160 valence electrons. The molecule has 7 atom stereocenters. The van der Waals surface area contributed by atoms with Gasteiger partial charge < -0.3 is 15.2 Å². The summed E-state index contributed by atoms with van der Waals surface area (Å²) in [6.07, 6.45) is 0.756. The highest BCUT2D eigenvalue weighted by atomic mass is 31.2. The highest BCUT2D eigenvalue weighted by molar-refractivity contribution is 7.48. The van der Waals surface area contributed by atoms with Crippen LogP contribution in [0.3, 0.4) is 0 Å². The number of phosphoric ester groups is 1. The van der Waals surface area contributed by atoms with E-state index in [1.807, 2.05) is 0 Å². The van der Waals surface area contributed by atoms with Crippen LogP contribution in [0.5, 0.6) is 0 Å². The quantitative estimate of drug-likeness (QED) is 0.491. The molecule has 1 aromatic heterocycles. The second-order valence-corrected chi connectivity index (χ2v) is 8.96. The van der Waals surface area contributed by atoms with E-state index in [0.717, 1.165) is 0 Å². The van der Waals surface area contributed by atoms with Crippen LogP contribution in [0.4, 0.5) is 5.82 Å². The van der Waals surface area contributed by atoms with Crippen LogP contribution in [0.1, 0.15) is 26.3 Å². The summed E-state index contributed by atoms with van der Waals surface area (Å²) < 4.78 is 41.4. The first-order valence-electron chi connectivity index (χ1n) is 9.57. The molecule has 11 nitrogen and oxygen atoms in total. The predicted octanol–water partition coefficient (Wildman–Crippen LogP) is 0.893. The number of hydrogen-bond acceptors (Lipinski definition) is 10. The summed E-state index contributed by atoms with van der Waals surface area (Å²) in [5, 5.41) is 0. The molecule has 2 N–H and O–H groups in total. The number of esters is 1. The molecular formula is C17H24N3O8P. The van der Waals surface area contributed by atoms with Crippen molar-refractivity contribution in [3.05, 3.63) is 22.7 Å². The van der Waals surface area contributed by atoms with Crippen molar-refractivity contribution in [3.63, 3.8) is 0 Å². The third kappa shape index (κ3) is 3.97. The molecule has 12 heteroatoms. The molecule has 0 radical (unpaired) electrons. The maximum absolute atomic E-state index is 12.8. The highest BCUT2D eigenvalue weighted by Gasteiger charge is 2.68. The van der Waals surface area contributed by atoms with Crippen LogP contribution in [-0.2, 0) is 32.4 Å². The number of carbonyl (C=O) groups excluding carboxylic acids is 1. The van der Waals surface area contributed by atoms with Gasteiger partial charge in [-0.15, -0.1) is 0 Å². The molecule has 0 aromatic carbocycles. The van der Waals surface area contributed by atoms with Gasteiger partial charge in [-0.05, 0) is 19.4 Å². The molecular weight excluding hydrogens is 405 g/mol. The van der Waals surface area contributed by atoms with Gasteiger partial charge in [-0.25, -0.2) is 9.36 Å². The lowest BCUT2D eigenvalue weighted by Crippen LogP contribution is -2.39. The highest BCUT2D eigenvalue weighted by Crippen LogP contribution is 2.64. The fraction of sp³-hybridized carbons (Fsp3) is 0.706. The summed E-state index contributed by atoms with van der Waals surface area (Å²) in [7, 11) is -3.79. The zero-order valence-electron chi connectivity index (χ0n) is 16.1. The van der Waals surface area contributed by atoms with E-state index in [4.69, 9.17) is 28.8 Å². The van der Waals surface area contributed by atoms with Gasteiger partial charge >= 0.3 is 19.5 Å². The fourth-order valence-corrected chi connectivity index (χ4v) is 5.22. The fourth-order valence-electron chi connectivity index (χ4n) is 3.79. The largest absolute Gasteiger partial charge is 0.475 e. The summed E-state index contributed by atoms with van der Waals surface area (Å²) in [6.45, 7) is 3.83. The minimum Gasteiger partial charge on any atom is -0.466 e. The number of hydrogen-bond donors (Lipinski definition) is 1. The van der Waals surface area contributed by atoms with E-state index in [1.165, 1.54) is 10.6 Å². The molecule has 0 bridgehead atoms. The summed E-state index contributed by atoms with van der Waals surface area (Å²) in [4.78, 5) is 27.5. The molecule has 1 aromatic rings. The van der Waals surface area contributed by atoms with Crippen LogP contribution in [-0.4, -0.2) is 53.7 Å². The van der Waals surface area contributed by atoms with Gasteiger partial charge in [0.1, 0.15) is 18.0 Å². The SMILES string of the molecule is CCOC(=O)C(C)CCOP1(=O)OC[C@@H]2O[C@H]3C(C3n3ccc(N)nc3=O)[C@H]2O1. The topological polar surface area (TPSA) is 141 Å². The Morgan fingerprint density at radius 2 is 2.28 bits per heavy atom. The third-order valence-corrected chi connectivity index (χ3v) is 6.82. The standard InChI is InChI=1S/C17H24N3O8P/c1-3-24-16(21)9(2)5-7-25-29(23)26-8-10-14(28-29)12-13(15(12)27-10)20-6-4-11(18)19-17(20)22/h4,6,9-10,12-15H,3,5,7-8H2,1-2H3,(H2,18,19,22)/t9?,10-,12?,13?,14-,15-,29?/m0/s1. The van der Waals surface area contributed by atoms with Gasteiger partial charge in [-0.3, -0.25) is 22.9 Å². The summed E-state index contributed by atoms with van der Waals surface area (Å²) in [5.74, 6) is -0.734. The number of rotatable bonds is 7. The first-order chi connectivity index (χ1) is 13.8. The Balaban J connectivity index is 1.35. The Bertz CT molecular complexity index is 892. The minimum atomic E-state index is -3.79. The smallest absolute Gasteiger partial charge is 0.466 e. The van der Waals surface area contributed by atoms with Gasteiger partial charge in [-0.2, -0.15) is 4.98 Å². The van der Waals surface area contributed by atoms with E-state index in [-0.39, 0.29) is 49.2 Å². The van der Waals surface area contributed by atoms with Crippen molar-refractivity contribution in [3.8, 4) is 0 Å². The molecule has 3 fully saturated rings. The molecule has 2 saturated heterocycles. The van der Waals surface area contributed by atoms with E-state index in [9.17, 15) is 14.2 Å². The first kappa shape index (κ1) is 20.5. The summed E-state index contributed by atoms with van der Waals surface area (Å²) in [5.41, 5.74) is 5.06. The second-order valence-electron chi connectivity index (χ2n) is 7.34. The Hall–Kier alpha value is -1.78. The lowest BCUT2D eigenvalue weighted by Gasteiger charge is -2.32. The average Bonchev–Trinajstić information content (AvgIpc) is 3.24. The lowest BCUT2D eigenvalue weighted by molar-refractivity contribution is -0.148. The Morgan fingerprint density at radius 1 is 1.48 bits per heavy atom. The number of fused-ring (bicyclic) bond motifs is 3. The van der Waals surface area contributed by atoms with E-state index in [1.54, 1.807) is 20.0 Å². The van der Waals surface area contributed by atoms with Crippen molar-refractivity contribution in [2.24, 2.45) is 11.8 Å². The Morgan fingerprint density at radius 3 is 3.00 bits per heavy atom. The molecule has 4 unspecified atom stereocenters. The van der Waals surface area contributed by atoms with E-state index in [2.05, 4.69) is 4.98 Å². The average molecular weight is 429 g/mol. The van der Waals surface area contributed by atoms with Crippen molar-refractivity contribution in [1.82, 2.24) is 9.55 Å². The summed E-state index contributed by atoms with van der Waals surface area (Å²) in [6, 6.07) is 1.28. The predicted molar refractivity (Wildman–Crippen MR) is 98.9 cm³/mol. The van der Waals surface area contributed by atoms with Crippen molar-refractivity contribution in [1.29, 1.82) is 0 Å². The van der Waals surface area contributed by atoms with Gasteiger partial charge in [-0.1, -0.05) is 6.92 Å². The van der Waals surface area contributed by atoms with Crippen LogP contribution in [0.15, 0.2) is 17.1 Å². The van der Waals surface area contributed by atoms with Crippen LogP contribution in [0.2, 0.25) is 0 Å². The molecule has 0 amide bonds. The number of nitrogens with zero attached hydrogens (tertiary/aromatic N) is 2. The van der Waals surface area contributed by atoms with Gasteiger partial charge in [0.25, 0.3) is 0 Å². The van der Waals surface area contributed by atoms with Gasteiger partial charge in [0, 0.05) is 12.1 Å². The molecule has 3 aliphatic rings. The normalized spacial score (nSPS) is 36.1. The number of ether oxygens (including phenoxy) is 2.